The van der Waals surface area contributed by atoms with Gasteiger partial charge in [0.1, 0.15) is 11.5 Å². The number of thiophene rings is 1. The van der Waals surface area contributed by atoms with Crippen molar-refractivity contribution in [3.63, 3.8) is 0 Å². The molecule has 1 unspecified atom stereocenters. The predicted molar refractivity (Wildman–Crippen MR) is 166 cm³/mol. The molecule has 1 aliphatic rings. The Morgan fingerprint density at radius 3 is 2.48 bits per heavy atom. The Bertz CT molecular complexity index is 1630. The SMILES string of the molecule is O=C(O)CC(NC(=O)C1CCN(C(=O)/C=C/c2cc3ccsc3c(Cl)c2Cl)CC1)c1cccc(Oc2ccccc2)c1. The Kier molecular flexibility index (Phi) is 9.47. The molecule has 42 heavy (non-hydrogen) atoms. The number of ether oxygens (including phenoxy) is 1. The number of hydrogen-bond acceptors (Lipinski definition) is 5. The fourth-order valence-corrected chi connectivity index (χ4v) is 6.39. The van der Waals surface area contributed by atoms with Crippen molar-refractivity contribution in [2.24, 2.45) is 5.92 Å². The lowest BCUT2D eigenvalue weighted by Crippen LogP contribution is -2.43. The van der Waals surface area contributed by atoms with Crippen molar-refractivity contribution in [1.29, 1.82) is 0 Å². The van der Waals surface area contributed by atoms with E-state index in [0.29, 0.717) is 58.6 Å². The van der Waals surface area contributed by atoms with E-state index in [1.165, 1.54) is 17.4 Å². The lowest BCUT2D eigenvalue weighted by molar-refractivity contribution is -0.138. The molecule has 0 saturated carbocycles. The zero-order valence-electron chi connectivity index (χ0n) is 22.5. The number of para-hydroxylation sites is 1. The van der Waals surface area contributed by atoms with Crippen molar-refractivity contribution in [2.75, 3.05) is 13.1 Å². The Morgan fingerprint density at radius 1 is 1.00 bits per heavy atom. The van der Waals surface area contributed by atoms with Gasteiger partial charge < -0.3 is 20.1 Å². The van der Waals surface area contributed by atoms with Crippen LogP contribution in [0.4, 0.5) is 0 Å². The van der Waals surface area contributed by atoms with E-state index < -0.39 is 12.0 Å². The van der Waals surface area contributed by atoms with Crippen LogP contribution in [-0.4, -0.2) is 40.9 Å². The molecule has 1 fully saturated rings. The fraction of sp³-hybridized carbons (Fsp3) is 0.219. The van der Waals surface area contributed by atoms with Crippen molar-refractivity contribution in [1.82, 2.24) is 10.2 Å². The van der Waals surface area contributed by atoms with Gasteiger partial charge in [-0.25, -0.2) is 0 Å². The fourth-order valence-electron chi connectivity index (χ4n) is 4.95. The highest BCUT2D eigenvalue weighted by atomic mass is 35.5. The standard InChI is InChI=1S/C32H28Cl2N2O5S/c33-29-22(17-23-13-16-42-31(23)30(29)34)9-10-27(37)36-14-11-20(12-15-36)32(40)35-26(19-28(38)39)21-5-4-8-25(18-21)41-24-6-2-1-3-7-24/h1-10,13,16-18,20,26H,11-12,14-15,19H2,(H,35,40)(H,38,39)/b10-9+. The van der Waals surface area contributed by atoms with Gasteiger partial charge in [-0.1, -0.05) is 53.5 Å². The van der Waals surface area contributed by atoms with Gasteiger partial charge in [0.05, 0.1) is 27.2 Å². The smallest absolute Gasteiger partial charge is 0.305 e. The van der Waals surface area contributed by atoms with Gasteiger partial charge in [-0.05, 0) is 77.2 Å². The molecule has 4 aromatic rings. The van der Waals surface area contributed by atoms with Crippen molar-refractivity contribution in [3.8, 4) is 11.5 Å². The number of benzene rings is 3. The second-order valence-corrected chi connectivity index (χ2v) is 11.7. The first-order valence-electron chi connectivity index (χ1n) is 13.5. The third-order valence-electron chi connectivity index (χ3n) is 7.17. The lowest BCUT2D eigenvalue weighted by Gasteiger charge is -2.31. The number of nitrogens with zero attached hydrogens (tertiary/aromatic N) is 1. The molecule has 3 aromatic carbocycles. The van der Waals surface area contributed by atoms with Crippen LogP contribution in [0.2, 0.25) is 10.0 Å². The molecule has 1 aliphatic heterocycles. The molecule has 1 atom stereocenters. The quantitative estimate of drug-likeness (QED) is 0.188. The van der Waals surface area contributed by atoms with Gasteiger partial charge in [0.25, 0.3) is 0 Å². The van der Waals surface area contributed by atoms with Crippen LogP contribution in [0.3, 0.4) is 0 Å². The number of halogens is 2. The largest absolute Gasteiger partial charge is 0.481 e. The summed E-state index contributed by atoms with van der Waals surface area (Å²) < 4.78 is 6.80. The van der Waals surface area contributed by atoms with E-state index in [1.807, 2.05) is 47.8 Å². The lowest BCUT2D eigenvalue weighted by atomic mass is 9.94. The molecular weight excluding hydrogens is 595 g/mol. The number of nitrogens with one attached hydrogen (secondary N) is 1. The Balaban J connectivity index is 1.19. The van der Waals surface area contributed by atoms with Gasteiger partial charge >= 0.3 is 5.97 Å². The number of fused-ring (bicyclic) bond motifs is 1. The van der Waals surface area contributed by atoms with Gasteiger partial charge in [-0.15, -0.1) is 11.3 Å². The van der Waals surface area contributed by atoms with Gasteiger partial charge in [-0.2, -0.15) is 0 Å². The number of carbonyl (C=O) groups is 3. The molecule has 1 aromatic heterocycles. The summed E-state index contributed by atoms with van der Waals surface area (Å²) in [4.78, 5) is 39.4. The molecule has 2 amide bonds. The summed E-state index contributed by atoms with van der Waals surface area (Å²) in [5.74, 6) is -0.579. The maximum Gasteiger partial charge on any atom is 0.305 e. The summed E-state index contributed by atoms with van der Waals surface area (Å²) in [6, 6.07) is 19.4. The molecule has 216 valence electrons. The third-order valence-corrected chi connectivity index (χ3v) is 9.11. The average molecular weight is 624 g/mol. The van der Waals surface area contributed by atoms with E-state index in [0.717, 1.165) is 10.1 Å². The number of rotatable bonds is 9. The molecule has 2 heterocycles. The summed E-state index contributed by atoms with van der Waals surface area (Å²) >= 11 is 14.3. The van der Waals surface area contributed by atoms with Crippen LogP contribution in [0.5, 0.6) is 11.5 Å². The highest BCUT2D eigenvalue weighted by Crippen LogP contribution is 2.37. The summed E-state index contributed by atoms with van der Waals surface area (Å²) in [5.41, 5.74) is 1.30. The van der Waals surface area contributed by atoms with E-state index in [-0.39, 0.29) is 24.2 Å². The maximum absolute atomic E-state index is 13.2. The number of carbonyl (C=O) groups excluding carboxylic acids is 2. The van der Waals surface area contributed by atoms with Crippen LogP contribution in [0.1, 0.15) is 36.4 Å². The first kappa shape index (κ1) is 29.6. The number of carboxylic acid groups (broad SMARTS) is 1. The second kappa shape index (κ2) is 13.4. The molecule has 7 nitrogen and oxygen atoms in total. The molecule has 5 rings (SSSR count). The van der Waals surface area contributed by atoms with E-state index in [1.54, 1.807) is 35.2 Å². The van der Waals surface area contributed by atoms with Crippen molar-refractivity contribution < 1.29 is 24.2 Å². The van der Waals surface area contributed by atoms with Gasteiger partial charge in [0.15, 0.2) is 0 Å². The van der Waals surface area contributed by atoms with Crippen LogP contribution >= 0.6 is 34.5 Å². The number of likely N-dealkylation sites (tertiary alicyclic amines) is 1. The molecule has 0 aliphatic carbocycles. The van der Waals surface area contributed by atoms with Crippen LogP contribution in [-0.2, 0) is 14.4 Å². The number of carboxylic acids is 1. The van der Waals surface area contributed by atoms with Crippen molar-refractivity contribution in [2.45, 2.75) is 25.3 Å². The van der Waals surface area contributed by atoms with Crippen molar-refractivity contribution in [3.05, 3.63) is 99.4 Å². The molecule has 0 radical (unpaired) electrons. The third kappa shape index (κ3) is 7.13. The molecule has 0 spiro atoms. The predicted octanol–water partition coefficient (Wildman–Crippen LogP) is 7.58. The zero-order valence-corrected chi connectivity index (χ0v) is 24.8. The first-order valence-corrected chi connectivity index (χ1v) is 15.1. The highest BCUT2D eigenvalue weighted by Gasteiger charge is 2.29. The van der Waals surface area contributed by atoms with Crippen LogP contribution in [0.25, 0.3) is 16.2 Å². The van der Waals surface area contributed by atoms with Gasteiger partial charge in [-0.3, -0.25) is 14.4 Å². The molecular formula is C32H28Cl2N2O5S. The van der Waals surface area contributed by atoms with E-state index in [9.17, 15) is 19.5 Å². The monoisotopic (exact) mass is 622 g/mol. The van der Waals surface area contributed by atoms with Crippen LogP contribution < -0.4 is 10.1 Å². The minimum atomic E-state index is -1.03. The van der Waals surface area contributed by atoms with Gasteiger partial charge in [0.2, 0.25) is 11.8 Å². The number of hydrogen-bond donors (Lipinski definition) is 2. The minimum Gasteiger partial charge on any atom is -0.481 e. The van der Waals surface area contributed by atoms with Gasteiger partial charge in [0, 0.05) is 25.1 Å². The topological polar surface area (TPSA) is 95.9 Å². The highest BCUT2D eigenvalue weighted by molar-refractivity contribution is 7.18. The average Bonchev–Trinajstić information content (AvgIpc) is 3.47. The Labute approximate surface area is 257 Å². The molecule has 10 heteroatoms. The van der Waals surface area contributed by atoms with E-state index in [4.69, 9.17) is 27.9 Å². The number of aliphatic carboxylic acids is 1. The van der Waals surface area contributed by atoms with Crippen LogP contribution in [0.15, 0.2) is 78.2 Å². The second-order valence-electron chi connectivity index (χ2n) is 10.0. The number of amides is 2. The van der Waals surface area contributed by atoms with E-state index in [2.05, 4.69) is 5.32 Å². The first-order chi connectivity index (χ1) is 20.3. The maximum atomic E-state index is 13.2. The minimum absolute atomic E-state index is 0.176. The summed E-state index contributed by atoms with van der Waals surface area (Å²) in [5, 5.41) is 16.2. The number of piperidine rings is 1. The summed E-state index contributed by atoms with van der Waals surface area (Å²) in [6.07, 6.45) is 3.81. The summed E-state index contributed by atoms with van der Waals surface area (Å²) in [7, 11) is 0. The Morgan fingerprint density at radius 2 is 1.74 bits per heavy atom. The normalized spacial score (nSPS) is 14.7. The Hall–Kier alpha value is -3.85. The molecule has 2 N–H and O–H groups in total. The molecule has 1 saturated heterocycles. The molecule has 0 bridgehead atoms. The zero-order chi connectivity index (χ0) is 29.6. The van der Waals surface area contributed by atoms with Crippen molar-refractivity contribution >= 4 is 68.5 Å². The van der Waals surface area contributed by atoms with Crippen LogP contribution in [0, 0.1) is 5.92 Å². The van der Waals surface area contributed by atoms with E-state index >= 15 is 0 Å². The summed E-state index contributed by atoms with van der Waals surface area (Å²) in [6.45, 7) is 0.812.